The van der Waals surface area contributed by atoms with E-state index in [1.165, 1.54) is 18.1 Å². The summed E-state index contributed by atoms with van der Waals surface area (Å²) in [5.41, 5.74) is 6.19. The first-order valence-electron chi connectivity index (χ1n) is 4.36. The standard InChI is InChI=1S/C9H14N2O3/c1-6(3-9(13)14-2)11-5-7(10)4-8(11)12/h3,7H,4-5,10H2,1-2H3. The number of nitrogens with zero attached hydrogens (tertiary/aromatic N) is 1. The number of amides is 1. The second-order valence-electron chi connectivity index (χ2n) is 3.28. The Labute approximate surface area is 82.5 Å². The van der Waals surface area contributed by atoms with Gasteiger partial charge in [-0.3, -0.25) is 4.79 Å². The molecule has 1 fully saturated rings. The first-order chi connectivity index (χ1) is 6.54. The Morgan fingerprint density at radius 1 is 1.71 bits per heavy atom. The molecule has 78 valence electrons. The van der Waals surface area contributed by atoms with Gasteiger partial charge in [0.1, 0.15) is 0 Å². The van der Waals surface area contributed by atoms with Gasteiger partial charge < -0.3 is 15.4 Å². The Balaban J connectivity index is 2.70. The minimum Gasteiger partial charge on any atom is -0.466 e. The van der Waals surface area contributed by atoms with E-state index in [0.717, 1.165) is 0 Å². The number of hydrogen-bond donors (Lipinski definition) is 1. The number of rotatable bonds is 2. The summed E-state index contributed by atoms with van der Waals surface area (Å²) >= 11 is 0. The van der Waals surface area contributed by atoms with Crippen LogP contribution in [0.5, 0.6) is 0 Å². The number of ether oxygens (including phenoxy) is 1. The van der Waals surface area contributed by atoms with E-state index in [2.05, 4.69) is 4.74 Å². The third-order valence-corrected chi connectivity index (χ3v) is 2.11. The quantitative estimate of drug-likeness (QED) is 0.485. The van der Waals surface area contributed by atoms with Gasteiger partial charge >= 0.3 is 5.97 Å². The van der Waals surface area contributed by atoms with Gasteiger partial charge in [-0.1, -0.05) is 0 Å². The molecule has 1 heterocycles. The highest BCUT2D eigenvalue weighted by Gasteiger charge is 2.28. The predicted octanol–water partition coefficient (Wildman–Crippen LogP) is -0.377. The van der Waals surface area contributed by atoms with Crippen molar-refractivity contribution in [1.29, 1.82) is 0 Å². The lowest BCUT2D eigenvalue weighted by atomic mass is 10.3. The lowest BCUT2D eigenvalue weighted by Gasteiger charge is -2.15. The molecule has 0 saturated carbocycles. The van der Waals surface area contributed by atoms with Crippen molar-refractivity contribution >= 4 is 11.9 Å². The molecule has 14 heavy (non-hydrogen) atoms. The van der Waals surface area contributed by atoms with Crippen LogP contribution in [0.25, 0.3) is 0 Å². The lowest BCUT2D eigenvalue weighted by molar-refractivity contribution is -0.135. The summed E-state index contributed by atoms with van der Waals surface area (Å²) in [6, 6.07) is -0.136. The van der Waals surface area contributed by atoms with Crippen molar-refractivity contribution in [3.63, 3.8) is 0 Å². The monoisotopic (exact) mass is 198 g/mol. The molecule has 1 atom stereocenters. The number of carbonyl (C=O) groups is 2. The molecule has 0 spiro atoms. The van der Waals surface area contributed by atoms with E-state index in [4.69, 9.17) is 5.73 Å². The van der Waals surface area contributed by atoms with Gasteiger partial charge in [-0.25, -0.2) is 4.79 Å². The van der Waals surface area contributed by atoms with E-state index in [0.29, 0.717) is 18.7 Å². The molecule has 1 unspecified atom stereocenters. The zero-order valence-electron chi connectivity index (χ0n) is 8.32. The molecule has 0 aromatic rings. The van der Waals surface area contributed by atoms with Crippen LogP contribution in [0.3, 0.4) is 0 Å². The average molecular weight is 198 g/mol. The number of hydrogen-bond acceptors (Lipinski definition) is 4. The van der Waals surface area contributed by atoms with E-state index in [1.807, 2.05) is 0 Å². The van der Waals surface area contributed by atoms with Gasteiger partial charge in [-0.15, -0.1) is 0 Å². The zero-order chi connectivity index (χ0) is 10.7. The number of esters is 1. The largest absolute Gasteiger partial charge is 0.466 e. The van der Waals surface area contributed by atoms with Crippen molar-refractivity contribution in [2.45, 2.75) is 19.4 Å². The van der Waals surface area contributed by atoms with Crippen LogP contribution < -0.4 is 5.73 Å². The molecule has 0 bridgehead atoms. The molecule has 0 aromatic carbocycles. The van der Waals surface area contributed by atoms with E-state index >= 15 is 0 Å². The second kappa shape index (κ2) is 4.23. The highest BCUT2D eigenvalue weighted by molar-refractivity contribution is 5.86. The summed E-state index contributed by atoms with van der Waals surface area (Å²) in [6.07, 6.45) is 1.63. The number of methoxy groups -OCH3 is 1. The number of allylic oxidation sites excluding steroid dienone is 1. The maximum Gasteiger partial charge on any atom is 0.332 e. The SMILES string of the molecule is COC(=O)C=C(C)N1CC(N)CC1=O. The van der Waals surface area contributed by atoms with Gasteiger partial charge in [0.05, 0.1) is 7.11 Å². The smallest absolute Gasteiger partial charge is 0.332 e. The van der Waals surface area contributed by atoms with Crippen LogP contribution >= 0.6 is 0 Å². The summed E-state index contributed by atoms with van der Waals surface area (Å²) < 4.78 is 4.46. The molecule has 5 nitrogen and oxygen atoms in total. The zero-order valence-corrected chi connectivity index (χ0v) is 8.32. The van der Waals surface area contributed by atoms with Gasteiger partial charge in [0.25, 0.3) is 0 Å². The van der Waals surface area contributed by atoms with Gasteiger partial charge in [-0.05, 0) is 6.92 Å². The fourth-order valence-corrected chi connectivity index (χ4v) is 1.38. The Hall–Kier alpha value is -1.36. The summed E-state index contributed by atoms with van der Waals surface area (Å²) in [4.78, 5) is 23.7. The Morgan fingerprint density at radius 2 is 2.36 bits per heavy atom. The maximum atomic E-state index is 11.3. The van der Waals surface area contributed by atoms with Crippen molar-refractivity contribution in [1.82, 2.24) is 4.90 Å². The number of nitrogens with two attached hydrogens (primary N) is 1. The van der Waals surface area contributed by atoms with E-state index in [1.54, 1.807) is 6.92 Å². The molecule has 1 saturated heterocycles. The van der Waals surface area contributed by atoms with E-state index < -0.39 is 5.97 Å². The Bertz CT molecular complexity index is 286. The van der Waals surface area contributed by atoms with Crippen LogP contribution in [0.1, 0.15) is 13.3 Å². The minimum absolute atomic E-state index is 0.0462. The summed E-state index contributed by atoms with van der Waals surface area (Å²) in [5, 5.41) is 0. The molecular formula is C9H14N2O3. The fraction of sp³-hybridized carbons (Fsp3) is 0.556. The highest BCUT2D eigenvalue weighted by atomic mass is 16.5. The highest BCUT2D eigenvalue weighted by Crippen LogP contribution is 2.15. The normalized spacial score (nSPS) is 22.8. The number of likely N-dealkylation sites (tertiary alicyclic amines) is 1. The molecule has 2 N–H and O–H groups in total. The van der Waals surface area contributed by atoms with Crippen LogP contribution in [-0.2, 0) is 14.3 Å². The predicted molar refractivity (Wildman–Crippen MR) is 50.1 cm³/mol. The van der Waals surface area contributed by atoms with Crippen molar-refractivity contribution in [2.75, 3.05) is 13.7 Å². The van der Waals surface area contributed by atoms with Crippen LogP contribution in [0, 0.1) is 0 Å². The Kier molecular flexibility index (Phi) is 3.24. The molecule has 0 radical (unpaired) electrons. The molecule has 1 amide bonds. The van der Waals surface area contributed by atoms with E-state index in [9.17, 15) is 9.59 Å². The first kappa shape index (κ1) is 10.7. The van der Waals surface area contributed by atoms with Gasteiger partial charge in [-0.2, -0.15) is 0 Å². The maximum absolute atomic E-state index is 11.3. The first-order valence-corrected chi connectivity index (χ1v) is 4.36. The van der Waals surface area contributed by atoms with Gasteiger partial charge in [0, 0.05) is 30.8 Å². The third-order valence-electron chi connectivity index (χ3n) is 2.11. The Morgan fingerprint density at radius 3 is 2.79 bits per heavy atom. The molecular weight excluding hydrogens is 184 g/mol. The fourth-order valence-electron chi connectivity index (χ4n) is 1.38. The lowest BCUT2D eigenvalue weighted by Crippen LogP contribution is -2.27. The van der Waals surface area contributed by atoms with Crippen LogP contribution in [0.2, 0.25) is 0 Å². The summed E-state index contributed by atoms with van der Waals surface area (Å²) in [7, 11) is 1.30. The molecule has 1 aliphatic heterocycles. The molecule has 5 heteroatoms. The topological polar surface area (TPSA) is 72.6 Å². The second-order valence-corrected chi connectivity index (χ2v) is 3.28. The van der Waals surface area contributed by atoms with Crippen molar-refractivity contribution in [3.8, 4) is 0 Å². The average Bonchev–Trinajstić information content (AvgIpc) is 2.45. The molecule has 1 aliphatic rings. The molecule has 1 rings (SSSR count). The van der Waals surface area contributed by atoms with Gasteiger partial charge in [0.15, 0.2) is 0 Å². The van der Waals surface area contributed by atoms with Crippen LogP contribution in [0.4, 0.5) is 0 Å². The minimum atomic E-state index is -0.462. The van der Waals surface area contributed by atoms with Crippen LogP contribution in [0.15, 0.2) is 11.8 Å². The third kappa shape index (κ3) is 2.32. The number of carbonyl (C=O) groups excluding carboxylic acids is 2. The van der Waals surface area contributed by atoms with Crippen LogP contribution in [-0.4, -0.2) is 36.5 Å². The summed E-state index contributed by atoms with van der Waals surface area (Å²) in [6.45, 7) is 2.16. The summed E-state index contributed by atoms with van der Waals surface area (Å²) in [5.74, 6) is -0.508. The van der Waals surface area contributed by atoms with E-state index in [-0.39, 0.29) is 11.9 Å². The van der Waals surface area contributed by atoms with Crippen molar-refractivity contribution < 1.29 is 14.3 Å². The van der Waals surface area contributed by atoms with Crippen molar-refractivity contribution in [2.24, 2.45) is 5.73 Å². The van der Waals surface area contributed by atoms with Crippen molar-refractivity contribution in [3.05, 3.63) is 11.8 Å². The molecule has 0 aliphatic carbocycles. The molecule has 0 aromatic heterocycles. The van der Waals surface area contributed by atoms with Gasteiger partial charge in [0.2, 0.25) is 5.91 Å².